The molecule has 1 saturated carbocycles. The van der Waals surface area contributed by atoms with Crippen molar-refractivity contribution in [1.29, 1.82) is 0 Å². The van der Waals surface area contributed by atoms with Crippen LogP contribution >= 0.6 is 0 Å². The minimum Gasteiger partial charge on any atom is -0.331 e. The van der Waals surface area contributed by atoms with E-state index in [1.54, 1.807) is 0 Å². The highest BCUT2D eigenvalue weighted by atomic mass is 32.2. The molecule has 6 heteroatoms. The van der Waals surface area contributed by atoms with E-state index in [-0.39, 0.29) is 29.5 Å². The van der Waals surface area contributed by atoms with E-state index in [0.717, 1.165) is 45.2 Å². The second-order valence-electron chi connectivity index (χ2n) is 9.36. The van der Waals surface area contributed by atoms with E-state index in [0.29, 0.717) is 18.9 Å². The number of carbonyl (C=O) groups excluding carboxylic acids is 1. The fourth-order valence-electron chi connectivity index (χ4n) is 5.60. The van der Waals surface area contributed by atoms with Gasteiger partial charge in [0.25, 0.3) is 5.91 Å². The summed E-state index contributed by atoms with van der Waals surface area (Å²) in [6.07, 6.45) is 8.48. The van der Waals surface area contributed by atoms with Gasteiger partial charge in [0.05, 0.1) is 24.6 Å². The van der Waals surface area contributed by atoms with E-state index in [2.05, 4.69) is 30.3 Å². The molecule has 1 amide bonds. The first-order valence-corrected chi connectivity index (χ1v) is 13.2. The molecule has 0 unspecified atom stereocenters. The van der Waals surface area contributed by atoms with Crippen molar-refractivity contribution in [2.75, 3.05) is 31.1 Å². The number of benzene rings is 1. The van der Waals surface area contributed by atoms with Gasteiger partial charge in [-0.15, -0.1) is 0 Å². The molecule has 160 valence electrons. The Hall–Kier alpha value is -1.40. The largest absolute Gasteiger partial charge is 0.331 e. The summed E-state index contributed by atoms with van der Waals surface area (Å²) >= 11 is 0. The molecule has 4 rings (SSSR count). The summed E-state index contributed by atoms with van der Waals surface area (Å²) in [6, 6.07) is 10.9. The number of piperidine rings is 1. The molecule has 1 atom stereocenters. The van der Waals surface area contributed by atoms with Gasteiger partial charge in [-0.1, -0.05) is 43.2 Å². The highest BCUT2D eigenvalue weighted by Crippen LogP contribution is 2.29. The quantitative estimate of drug-likeness (QED) is 0.760. The third kappa shape index (κ3) is 5.40. The van der Waals surface area contributed by atoms with Crippen molar-refractivity contribution >= 4 is 15.7 Å². The average molecular weight is 420 g/mol. The van der Waals surface area contributed by atoms with Crippen LogP contribution in [0.2, 0.25) is 0 Å². The van der Waals surface area contributed by atoms with Crippen molar-refractivity contribution in [2.24, 2.45) is 5.92 Å². The van der Waals surface area contributed by atoms with E-state index in [9.17, 15) is 13.2 Å². The third-order valence-corrected chi connectivity index (χ3v) is 8.94. The van der Waals surface area contributed by atoms with Crippen LogP contribution in [0.3, 0.4) is 0 Å². The number of amides is 1. The normalized spacial score (nSPS) is 29.7. The number of nitrogens with zero attached hydrogens (tertiary/aromatic N) is 1. The minimum atomic E-state index is -2.97. The molecule has 2 aliphatic heterocycles. The molecule has 1 aromatic carbocycles. The lowest BCUT2D eigenvalue weighted by Crippen LogP contribution is -3.14. The smallest absolute Gasteiger partial charge is 0.278 e. The van der Waals surface area contributed by atoms with Crippen molar-refractivity contribution in [1.82, 2.24) is 4.90 Å². The van der Waals surface area contributed by atoms with Gasteiger partial charge < -0.3 is 9.80 Å². The zero-order chi connectivity index (χ0) is 20.3. The first-order valence-electron chi connectivity index (χ1n) is 11.4. The van der Waals surface area contributed by atoms with E-state index < -0.39 is 9.84 Å². The second kappa shape index (κ2) is 9.17. The molecule has 0 spiro atoms. The zero-order valence-electron chi connectivity index (χ0n) is 17.4. The molecule has 1 N–H and O–H groups in total. The van der Waals surface area contributed by atoms with Crippen LogP contribution in [-0.4, -0.2) is 62.4 Å². The predicted molar refractivity (Wildman–Crippen MR) is 115 cm³/mol. The van der Waals surface area contributed by atoms with Gasteiger partial charge >= 0.3 is 0 Å². The average Bonchev–Trinajstić information content (AvgIpc) is 3.34. The Morgan fingerprint density at radius 3 is 2.28 bits per heavy atom. The molecule has 0 radical (unpaired) electrons. The molecule has 3 fully saturated rings. The fraction of sp³-hybridized carbons (Fsp3) is 0.696. The van der Waals surface area contributed by atoms with Gasteiger partial charge in [0.1, 0.15) is 0 Å². The molecule has 29 heavy (non-hydrogen) atoms. The van der Waals surface area contributed by atoms with Gasteiger partial charge in [-0.05, 0) is 50.0 Å². The minimum absolute atomic E-state index is 0.0920. The van der Waals surface area contributed by atoms with Crippen LogP contribution in [0.15, 0.2) is 30.3 Å². The van der Waals surface area contributed by atoms with Gasteiger partial charge in [0, 0.05) is 12.1 Å². The number of carbonyl (C=O) groups is 1. The number of nitrogens with one attached hydrogen (secondary N) is 1. The summed E-state index contributed by atoms with van der Waals surface area (Å²) in [4.78, 5) is 16.7. The van der Waals surface area contributed by atoms with Crippen molar-refractivity contribution in [2.45, 2.75) is 63.5 Å². The number of quaternary nitrogens is 1. The number of hydrogen-bond acceptors (Lipinski definition) is 3. The molecule has 2 saturated heterocycles. The maximum atomic E-state index is 13.3. The predicted octanol–water partition coefficient (Wildman–Crippen LogP) is 1.48. The van der Waals surface area contributed by atoms with Crippen LogP contribution in [-0.2, 0) is 21.1 Å². The molecular formula is C23H35N2O3S+. The highest BCUT2D eigenvalue weighted by molar-refractivity contribution is 7.91. The summed E-state index contributed by atoms with van der Waals surface area (Å²) < 4.78 is 24.0. The van der Waals surface area contributed by atoms with Gasteiger partial charge in [0.15, 0.2) is 16.4 Å². The van der Waals surface area contributed by atoms with Crippen LogP contribution in [0.25, 0.3) is 0 Å². The lowest BCUT2D eigenvalue weighted by molar-refractivity contribution is -0.898. The van der Waals surface area contributed by atoms with Crippen LogP contribution in [0.4, 0.5) is 0 Å². The summed E-state index contributed by atoms with van der Waals surface area (Å²) in [5.41, 5.74) is 1.41. The Morgan fingerprint density at radius 2 is 1.66 bits per heavy atom. The van der Waals surface area contributed by atoms with Crippen molar-refractivity contribution in [3.05, 3.63) is 35.9 Å². The number of likely N-dealkylation sites (tertiary alicyclic amines) is 1. The molecule has 2 heterocycles. The van der Waals surface area contributed by atoms with Crippen LogP contribution in [0.1, 0.15) is 50.5 Å². The summed E-state index contributed by atoms with van der Waals surface area (Å²) in [7, 11) is -2.97. The van der Waals surface area contributed by atoms with E-state index in [1.165, 1.54) is 23.3 Å². The zero-order valence-corrected chi connectivity index (χ0v) is 18.2. The molecular weight excluding hydrogens is 384 g/mol. The monoisotopic (exact) mass is 419 g/mol. The van der Waals surface area contributed by atoms with E-state index in [4.69, 9.17) is 0 Å². The van der Waals surface area contributed by atoms with Gasteiger partial charge in [-0.3, -0.25) is 4.79 Å². The van der Waals surface area contributed by atoms with Crippen LogP contribution in [0.5, 0.6) is 0 Å². The Morgan fingerprint density at radius 1 is 0.966 bits per heavy atom. The SMILES string of the molecule is O=C(C[NH+]1CCC(Cc2ccccc2)CC1)N(C1CCCC1)[C@H]1CCS(=O)(=O)C1. The first kappa shape index (κ1) is 20.9. The van der Waals surface area contributed by atoms with E-state index >= 15 is 0 Å². The van der Waals surface area contributed by atoms with Crippen molar-refractivity contribution in [3.8, 4) is 0 Å². The molecule has 0 aromatic heterocycles. The topological polar surface area (TPSA) is 58.9 Å². The summed E-state index contributed by atoms with van der Waals surface area (Å²) in [5, 5.41) is 0. The van der Waals surface area contributed by atoms with E-state index in [1.807, 2.05) is 4.90 Å². The maximum absolute atomic E-state index is 13.3. The Balaban J connectivity index is 1.32. The Kier molecular flexibility index (Phi) is 6.60. The highest BCUT2D eigenvalue weighted by Gasteiger charge is 2.40. The standard InChI is InChI=1S/C23H34N2O3S/c26-23(25(21-8-4-5-9-21)22-12-15-29(27,28)18-22)17-24-13-10-20(11-14-24)16-19-6-2-1-3-7-19/h1-3,6-7,20-22H,4-5,8-18H2/p+1/t22-/m0/s1. The summed E-state index contributed by atoms with van der Waals surface area (Å²) in [6.45, 7) is 2.63. The molecule has 3 aliphatic rings. The number of hydrogen-bond donors (Lipinski definition) is 1. The van der Waals surface area contributed by atoms with Crippen LogP contribution in [0, 0.1) is 5.92 Å². The number of sulfone groups is 1. The molecule has 1 aromatic rings. The van der Waals surface area contributed by atoms with Crippen molar-refractivity contribution in [3.63, 3.8) is 0 Å². The lowest BCUT2D eigenvalue weighted by atomic mass is 9.90. The maximum Gasteiger partial charge on any atom is 0.278 e. The molecule has 0 bridgehead atoms. The molecule has 5 nitrogen and oxygen atoms in total. The fourth-order valence-corrected chi connectivity index (χ4v) is 7.31. The van der Waals surface area contributed by atoms with Crippen molar-refractivity contribution < 1.29 is 18.1 Å². The lowest BCUT2D eigenvalue weighted by Gasteiger charge is -2.36. The Bertz CT molecular complexity index is 782. The van der Waals surface area contributed by atoms with Crippen LogP contribution < -0.4 is 4.90 Å². The second-order valence-corrected chi connectivity index (χ2v) is 11.6. The van der Waals surface area contributed by atoms with Gasteiger partial charge in [-0.2, -0.15) is 0 Å². The Labute approximate surface area is 175 Å². The van der Waals surface area contributed by atoms with Gasteiger partial charge in [0.2, 0.25) is 0 Å². The number of rotatable bonds is 6. The third-order valence-electron chi connectivity index (χ3n) is 7.19. The summed E-state index contributed by atoms with van der Waals surface area (Å²) in [5.74, 6) is 1.31. The first-order chi connectivity index (χ1) is 14.0. The van der Waals surface area contributed by atoms with Gasteiger partial charge in [-0.25, -0.2) is 8.42 Å². The molecule has 1 aliphatic carbocycles.